The van der Waals surface area contributed by atoms with Crippen LogP contribution in [0.4, 0.5) is 0 Å². The molecule has 0 atom stereocenters. The standard InChI is InChI=1S/C12H12N2O3/c1-2-14-10(11(15)16)8-13-12(14)17-9-6-4-3-5-7-9/h3-8H,2H2,1H3,(H,15,16). The van der Waals surface area contributed by atoms with Crippen molar-refractivity contribution in [2.24, 2.45) is 0 Å². The highest BCUT2D eigenvalue weighted by atomic mass is 16.5. The average molecular weight is 232 g/mol. The predicted octanol–water partition coefficient (Wildman–Crippen LogP) is 2.39. The molecule has 0 aliphatic rings. The van der Waals surface area contributed by atoms with E-state index in [0.717, 1.165) is 0 Å². The molecule has 0 bridgehead atoms. The summed E-state index contributed by atoms with van der Waals surface area (Å²) >= 11 is 0. The molecule has 0 aliphatic heterocycles. The average Bonchev–Trinajstić information content (AvgIpc) is 2.73. The molecule has 17 heavy (non-hydrogen) atoms. The van der Waals surface area contributed by atoms with Crippen LogP contribution in [0.1, 0.15) is 17.4 Å². The Hall–Kier alpha value is -2.30. The van der Waals surface area contributed by atoms with Gasteiger partial charge in [-0.1, -0.05) is 18.2 Å². The van der Waals surface area contributed by atoms with Crippen LogP contribution in [0.5, 0.6) is 11.8 Å². The molecule has 0 spiro atoms. The van der Waals surface area contributed by atoms with Gasteiger partial charge in [-0.25, -0.2) is 9.78 Å². The van der Waals surface area contributed by atoms with Gasteiger partial charge in [0.15, 0.2) is 0 Å². The zero-order valence-electron chi connectivity index (χ0n) is 9.33. The Morgan fingerprint density at radius 3 is 2.71 bits per heavy atom. The minimum atomic E-state index is -1.01. The third-order valence-electron chi connectivity index (χ3n) is 2.31. The zero-order valence-corrected chi connectivity index (χ0v) is 9.33. The van der Waals surface area contributed by atoms with Crippen molar-refractivity contribution in [2.45, 2.75) is 13.5 Å². The number of para-hydroxylation sites is 1. The van der Waals surface area contributed by atoms with E-state index in [4.69, 9.17) is 9.84 Å². The minimum Gasteiger partial charge on any atom is -0.477 e. The number of nitrogens with zero attached hydrogens (tertiary/aromatic N) is 2. The lowest BCUT2D eigenvalue weighted by Crippen LogP contribution is -2.08. The number of carboxylic acids is 1. The van der Waals surface area contributed by atoms with Crippen LogP contribution < -0.4 is 4.74 Å². The monoisotopic (exact) mass is 232 g/mol. The first-order valence-corrected chi connectivity index (χ1v) is 5.24. The third-order valence-corrected chi connectivity index (χ3v) is 2.31. The van der Waals surface area contributed by atoms with E-state index in [1.807, 2.05) is 25.1 Å². The van der Waals surface area contributed by atoms with E-state index in [1.165, 1.54) is 10.8 Å². The largest absolute Gasteiger partial charge is 0.477 e. The molecule has 2 rings (SSSR count). The van der Waals surface area contributed by atoms with Gasteiger partial charge in [0.25, 0.3) is 0 Å². The summed E-state index contributed by atoms with van der Waals surface area (Å²) < 4.78 is 7.03. The van der Waals surface area contributed by atoms with Gasteiger partial charge in [-0.15, -0.1) is 0 Å². The molecule has 88 valence electrons. The van der Waals surface area contributed by atoms with E-state index in [9.17, 15) is 4.79 Å². The van der Waals surface area contributed by atoms with Gasteiger partial charge in [-0.3, -0.25) is 4.57 Å². The van der Waals surface area contributed by atoms with Crippen molar-refractivity contribution in [1.82, 2.24) is 9.55 Å². The number of carbonyl (C=O) groups is 1. The summed E-state index contributed by atoms with van der Waals surface area (Å²) in [6.07, 6.45) is 1.30. The Labute approximate surface area is 98.3 Å². The van der Waals surface area contributed by atoms with Gasteiger partial charge < -0.3 is 9.84 Å². The van der Waals surface area contributed by atoms with Crippen LogP contribution >= 0.6 is 0 Å². The quantitative estimate of drug-likeness (QED) is 0.879. The number of carboxylic acid groups (broad SMARTS) is 1. The number of benzene rings is 1. The lowest BCUT2D eigenvalue weighted by atomic mass is 10.3. The van der Waals surface area contributed by atoms with Crippen LogP contribution in [0.25, 0.3) is 0 Å². The molecule has 1 heterocycles. The lowest BCUT2D eigenvalue weighted by Gasteiger charge is -2.07. The maximum absolute atomic E-state index is 10.9. The van der Waals surface area contributed by atoms with E-state index in [-0.39, 0.29) is 11.7 Å². The number of hydrogen-bond donors (Lipinski definition) is 1. The number of aromatic nitrogens is 2. The third kappa shape index (κ3) is 2.28. The number of aromatic carboxylic acids is 1. The first kappa shape index (κ1) is 11.2. The Morgan fingerprint density at radius 1 is 1.41 bits per heavy atom. The Balaban J connectivity index is 2.31. The van der Waals surface area contributed by atoms with Gasteiger partial charge >= 0.3 is 12.0 Å². The van der Waals surface area contributed by atoms with E-state index < -0.39 is 5.97 Å². The summed E-state index contributed by atoms with van der Waals surface area (Å²) in [5.74, 6) is -0.382. The van der Waals surface area contributed by atoms with Crippen molar-refractivity contribution in [1.29, 1.82) is 0 Å². The molecule has 1 N–H and O–H groups in total. The van der Waals surface area contributed by atoms with E-state index in [0.29, 0.717) is 12.3 Å². The summed E-state index contributed by atoms with van der Waals surface area (Å²) in [4.78, 5) is 14.9. The van der Waals surface area contributed by atoms with Gasteiger partial charge in [0.2, 0.25) is 0 Å². The second-order valence-electron chi connectivity index (χ2n) is 3.39. The van der Waals surface area contributed by atoms with Crippen molar-refractivity contribution >= 4 is 5.97 Å². The van der Waals surface area contributed by atoms with Gasteiger partial charge in [0, 0.05) is 6.54 Å². The molecule has 0 fully saturated rings. The zero-order chi connectivity index (χ0) is 12.3. The minimum absolute atomic E-state index is 0.124. The molecule has 2 aromatic rings. The fourth-order valence-corrected chi connectivity index (χ4v) is 1.51. The number of ether oxygens (including phenoxy) is 1. The van der Waals surface area contributed by atoms with Crippen molar-refractivity contribution in [2.75, 3.05) is 0 Å². The predicted molar refractivity (Wildman–Crippen MR) is 61.4 cm³/mol. The molecule has 1 aromatic carbocycles. The molecular weight excluding hydrogens is 220 g/mol. The molecule has 5 heteroatoms. The van der Waals surface area contributed by atoms with Crippen molar-refractivity contribution < 1.29 is 14.6 Å². The summed E-state index contributed by atoms with van der Waals surface area (Å²) in [5, 5.41) is 8.96. The molecule has 0 radical (unpaired) electrons. The number of rotatable bonds is 4. The van der Waals surface area contributed by atoms with Crippen LogP contribution in [-0.2, 0) is 6.54 Å². The highest BCUT2D eigenvalue weighted by Gasteiger charge is 2.15. The first-order chi connectivity index (χ1) is 8.22. The van der Waals surface area contributed by atoms with Crippen LogP contribution in [0.15, 0.2) is 36.5 Å². The normalized spacial score (nSPS) is 10.2. The smallest absolute Gasteiger partial charge is 0.354 e. The molecule has 0 saturated heterocycles. The Kier molecular flexibility index (Phi) is 3.09. The molecule has 0 amide bonds. The fourth-order valence-electron chi connectivity index (χ4n) is 1.51. The molecule has 0 unspecified atom stereocenters. The molecular formula is C12H12N2O3. The van der Waals surface area contributed by atoms with Crippen molar-refractivity contribution in [3.8, 4) is 11.8 Å². The first-order valence-electron chi connectivity index (χ1n) is 5.24. The van der Waals surface area contributed by atoms with Gasteiger partial charge in [-0.2, -0.15) is 0 Å². The summed E-state index contributed by atoms with van der Waals surface area (Å²) in [6.45, 7) is 2.33. The van der Waals surface area contributed by atoms with Crippen LogP contribution in [-0.4, -0.2) is 20.6 Å². The van der Waals surface area contributed by atoms with E-state index in [2.05, 4.69) is 4.98 Å². The summed E-state index contributed by atoms with van der Waals surface area (Å²) in [6, 6.07) is 9.42. The Morgan fingerprint density at radius 2 is 2.12 bits per heavy atom. The van der Waals surface area contributed by atoms with Gasteiger partial charge in [0.1, 0.15) is 11.4 Å². The maximum Gasteiger partial charge on any atom is 0.354 e. The fraction of sp³-hybridized carbons (Fsp3) is 0.167. The van der Waals surface area contributed by atoms with E-state index in [1.54, 1.807) is 12.1 Å². The molecule has 1 aromatic heterocycles. The lowest BCUT2D eigenvalue weighted by molar-refractivity contribution is 0.0684. The van der Waals surface area contributed by atoms with Crippen molar-refractivity contribution in [3.05, 3.63) is 42.2 Å². The van der Waals surface area contributed by atoms with Gasteiger partial charge in [0.05, 0.1) is 6.20 Å². The second kappa shape index (κ2) is 4.69. The van der Waals surface area contributed by atoms with Crippen LogP contribution in [0, 0.1) is 0 Å². The number of imidazole rings is 1. The van der Waals surface area contributed by atoms with Crippen molar-refractivity contribution in [3.63, 3.8) is 0 Å². The number of hydrogen-bond acceptors (Lipinski definition) is 3. The van der Waals surface area contributed by atoms with Gasteiger partial charge in [-0.05, 0) is 19.1 Å². The highest BCUT2D eigenvalue weighted by Crippen LogP contribution is 2.21. The highest BCUT2D eigenvalue weighted by molar-refractivity contribution is 5.85. The summed E-state index contributed by atoms with van der Waals surface area (Å²) in [7, 11) is 0. The SMILES string of the molecule is CCn1c(C(=O)O)cnc1Oc1ccccc1. The molecule has 5 nitrogen and oxygen atoms in total. The molecule has 0 saturated carbocycles. The summed E-state index contributed by atoms with van der Waals surface area (Å²) in [5.41, 5.74) is 0.124. The Bertz CT molecular complexity index is 520. The maximum atomic E-state index is 10.9. The second-order valence-corrected chi connectivity index (χ2v) is 3.39. The molecule has 0 aliphatic carbocycles. The van der Waals surface area contributed by atoms with Crippen LogP contribution in [0.3, 0.4) is 0 Å². The topological polar surface area (TPSA) is 64.4 Å². The van der Waals surface area contributed by atoms with E-state index >= 15 is 0 Å². The van der Waals surface area contributed by atoms with Crippen LogP contribution in [0.2, 0.25) is 0 Å².